The molecule has 7 heteroatoms. The van der Waals surface area contributed by atoms with Crippen LogP contribution in [-0.2, 0) is 13.0 Å². The number of hydrogen-bond donors (Lipinski definition) is 2. The average molecular weight is 424 g/mol. The largest absolute Gasteiger partial charge is 0.354 e. The summed E-state index contributed by atoms with van der Waals surface area (Å²) in [5.74, 6) is -0.637. The first-order valence-electron chi connectivity index (χ1n) is 10.6. The minimum atomic E-state index is -0.566. The van der Waals surface area contributed by atoms with Crippen LogP contribution in [0.3, 0.4) is 0 Å². The molecule has 0 unspecified atom stereocenters. The second kappa shape index (κ2) is 9.94. The van der Waals surface area contributed by atoms with Gasteiger partial charge in [0.1, 0.15) is 11.6 Å². The van der Waals surface area contributed by atoms with Crippen molar-refractivity contribution in [2.75, 3.05) is 31.5 Å². The van der Waals surface area contributed by atoms with Gasteiger partial charge in [0, 0.05) is 56.6 Å². The van der Waals surface area contributed by atoms with Gasteiger partial charge < -0.3 is 10.6 Å². The van der Waals surface area contributed by atoms with Gasteiger partial charge in [0.2, 0.25) is 5.95 Å². The summed E-state index contributed by atoms with van der Waals surface area (Å²) in [5, 5.41) is 6.57. The van der Waals surface area contributed by atoms with Gasteiger partial charge in [0.05, 0.1) is 5.69 Å². The summed E-state index contributed by atoms with van der Waals surface area (Å²) in [6, 6.07) is 14.4. The van der Waals surface area contributed by atoms with Crippen LogP contribution >= 0.6 is 0 Å². The number of benzene rings is 2. The molecule has 0 spiro atoms. The molecule has 1 fully saturated rings. The lowest BCUT2D eigenvalue weighted by Crippen LogP contribution is -2.49. The van der Waals surface area contributed by atoms with Crippen molar-refractivity contribution in [2.24, 2.45) is 0 Å². The van der Waals surface area contributed by atoms with Crippen LogP contribution in [0.1, 0.15) is 18.1 Å². The molecule has 0 amide bonds. The van der Waals surface area contributed by atoms with Crippen molar-refractivity contribution in [1.29, 1.82) is 0 Å². The lowest BCUT2D eigenvalue weighted by atomic mass is 10.1. The fourth-order valence-corrected chi connectivity index (χ4v) is 3.86. The Morgan fingerprint density at radius 1 is 1.10 bits per heavy atom. The summed E-state index contributed by atoms with van der Waals surface area (Å²) >= 11 is 0. The zero-order chi connectivity index (χ0) is 21.6. The highest BCUT2D eigenvalue weighted by molar-refractivity contribution is 5.61. The van der Waals surface area contributed by atoms with Gasteiger partial charge in [0.25, 0.3) is 0 Å². The molecule has 0 bridgehead atoms. The Labute approximate surface area is 181 Å². The molecule has 31 heavy (non-hydrogen) atoms. The fraction of sp³-hybridized carbons (Fsp3) is 0.333. The van der Waals surface area contributed by atoms with Crippen LogP contribution < -0.4 is 10.6 Å². The van der Waals surface area contributed by atoms with Gasteiger partial charge in [-0.05, 0) is 48.7 Å². The second-order valence-corrected chi connectivity index (χ2v) is 7.94. The van der Waals surface area contributed by atoms with E-state index < -0.39 is 11.6 Å². The van der Waals surface area contributed by atoms with Crippen LogP contribution in [0.15, 0.2) is 54.7 Å². The number of halogens is 2. The van der Waals surface area contributed by atoms with E-state index in [1.807, 2.05) is 12.1 Å². The zero-order valence-corrected chi connectivity index (χ0v) is 17.6. The van der Waals surface area contributed by atoms with Gasteiger partial charge in [-0.3, -0.25) is 4.90 Å². The molecule has 2 N–H and O–H groups in total. The summed E-state index contributed by atoms with van der Waals surface area (Å²) in [6.45, 7) is 6.72. The first kappa shape index (κ1) is 21.3. The SMILES string of the molecule is C[C@@H]1CNCCN1Cc1cccc(-c2ccnc(NCCc3cc(F)cc(F)c3)n2)c1. The molecule has 0 radical (unpaired) electrons. The van der Waals surface area contributed by atoms with Gasteiger partial charge in [-0.2, -0.15) is 0 Å². The molecule has 0 aliphatic carbocycles. The molecule has 1 aliphatic heterocycles. The van der Waals surface area contributed by atoms with Crippen LogP contribution in [-0.4, -0.2) is 47.1 Å². The molecular formula is C24H27F2N5. The minimum absolute atomic E-state index is 0.473. The normalized spacial score (nSPS) is 16.9. The molecule has 0 saturated carbocycles. The Balaban J connectivity index is 1.40. The number of piperazine rings is 1. The molecule has 2 heterocycles. The van der Waals surface area contributed by atoms with E-state index in [1.165, 1.54) is 17.7 Å². The van der Waals surface area contributed by atoms with E-state index in [1.54, 1.807) is 6.20 Å². The van der Waals surface area contributed by atoms with E-state index in [0.29, 0.717) is 30.5 Å². The summed E-state index contributed by atoms with van der Waals surface area (Å²) in [6.07, 6.45) is 2.19. The number of nitrogens with one attached hydrogen (secondary N) is 2. The third-order valence-corrected chi connectivity index (χ3v) is 5.52. The third kappa shape index (κ3) is 5.83. The van der Waals surface area contributed by atoms with Crippen LogP contribution in [0.5, 0.6) is 0 Å². The van der Waals surface area contributed by atoms with Crippen molar-refractivity contribution in [3.63, 3.8) is 0 Å². The molecule has 1 aliphatic rings. The zero-order valence-electron chi connectivity index (χ0n) is 17.6. The Morgan fingerprint density at radius 3 is 2.74 bits per heavy atom. The molecule has 4 rings (SSSR count). The van der Waals surface area contributed by atoms with E-state index in [4.69, 9.17) is 0 Å². The van der Waals surface area contributed by atoms with Crippen LogP contribution in [0.2, 0.25) is 0 Å². The van der Waals surface area contributed by atoms with Gasteiger partial charge in [-0.25, -0.2) is 18.7 Å². The molecule has 3 aromatic rings. The smallest absolute Gasteiger partial charge is 0.223 e. The Hall–Kier alpha value is -2.90. The number of nitrogens with zero attached hydrogens (tertiary/aromatic N) is 3. The van der Waals surface area contributed by atoms with Gasteiger partial charge in [-0.15, -0.1) is 0 Å². The van der Waals surface area contributed by atoms with Crippen molar-refractivity contribution >= 4 is 5.95 Å². The van der Waals surface area contributed by atoms with Crippen LogP contribution in [0.4, 0.5) is 14.7 Å². The highest BCUT2D eigenvalue weighted by Crippen LogP contribution is 2.21. The van der Waals surface area contributed by atoms with Gasteiger partial charge in [0.15, 0.2) is 0 Å². The molecule has 2 aromatic carbocycles. The average Bonchev–Trinajstić information content (AvgIpc) is 2.75. The summed E-state index contributed by atoms with van der Waals surface area (Å²) in [4.78, 5) is 11.4. The van der Waals surface area contributed by atoms with E-state index in [9.17, 15) is 8.78 Å². The van der Waals surface area contributed by atoms with Crippen molar-refractivity contribution < 1.29 is 8.78 Å². The van der Waals surface area contributed by atoms with Crippen molar-refractivity contribution in [3.8, 4) is 11.3 Å². The molecule has 1 saturated heterocycles. The fourth-order valence-electron chi connectivity index (χ4n) is 3.86. The molecule has 5 nitrogen and oxygen atoms in total. The number of anilines is 1. The predicted octanol–water partition coefficient (Wildman–Crippen LogP) is 3.87. The highest BCUT2D eigenvalue weighted by Gasteiger charge is 2.18. The van der Waals surface area contributed by atoms with E-state index in [-0.39, 0.29) is 0 Å². The summed E-state index contributed by atoms with van der Waals surface area (Å²) < 4.78 is 26.7. The lowest BCUT2D eigenvalue weighted by Gasteiger charge is -2.33. The Bertz CT molecular complexity index is 1010. The summed E-state index contributed by atoms with van der Waals surface area (Å²) in [5.41, 5.74) is 3.73. The quantitative estimate of drug-likeness (QED) is 0.604. The van der Waals surface area contributed by atoms with Crippen molar-refractivity contribution in [2.45, 2.75) is 25.9 Å². The topological polar surface area (TPSA) is 53.1 Å². The standard InChI is InChI=1S/C24H27F2N5/c1-17-15-27-9-10-31(17)16-19-3-2-4-20(11-19)23-6-8-29-24(30-23)28-7-5-18-12-21(25)14-22(26)13-18/h2-4,6,8,11-14,17,27H,5,7,9-10,15-16H2,1H3,(H,28,29,30)/t17-/m1/s1. The highest BCUT2D eigenvalue weighted by atomic mass is 19.1. The molecule has 1 atom stereocenters. The predicted molar refractivity (Wildman–Crippen MR) is 119 cm³/mol. The second-order valence-electron chi connectivity index (χ2n) is 7.94. The van der Waals surface area contributed by atoms with E-state index >= 15 is 0 Å². The minimum Gasteiger partial charge on any atom is -0.354 e. The number of hydrogen-bond acceptors (Lipinski definition) is 5. The van der Waals surface area contributed by atoms with Crippen LogP contribution in [0.25, 0.3) is 11.3 Å². The number of aromatic nitrogens is 2. The first-order chi connectivity index (χ1) is 15.1. The van der Waals surface area contributed by atoms with E-state index in [2.05, 4.69) is 50.6 Å². The lowest BCUT2D eigenvalue weighted by molar-refractivity contribution is 0.165. The number of rotatable bonds is 7. The van der Waals surface area contributed by atoms with Gasteiger partial charge in [-0.1, -0.05) is 18.2 Å². The summed E-state index contributed by atoms with van der Waals surface area (Å²) in [7, 11) is 0. The Morgan fingerprint density at radius 2 is 1.94 bits per heavy atom. The van der Waals surface area contributed by atoms with Crippen molar-refractivity contribution in [3.05, 3.63) is 77.5 Å². The molecule has 1 aromatic heterocycles. The molecular weight excluding hydrogens is 396 g/mol. The maximum Gasteiger partial charge on any atom is 0.223 e. The monoisotopic (exact) mass is 423 g/mol. The van der Waals surface area contributed by atoms with Crippen LogP contribution in [0, 0.1) is 11.6 Å². The third-order valence-electron chi connectivity index (χ3n) is 5.52. The van der Waals surface area contributed by atoms with E-state index in [0.717, 1.165) is 43.5 Å². The van der Waals surface area contributed by atoms with Gasteiger partial charge >= 0.3 is 0 Å². The first-order valence-corrected chi connectivity index (χ1v) is 10.6. The molecule has 162 valence electrons. The maximum absolute atomic E-state index is 13.3. The Kier molecular flexibility index (Phi) is 6.84. The maximum atomic E-state index is 13.3. The van der Waals surface area contributed by atoms with Crippen molar-refractivity contribution in [1.82, 2.24) is 20.2 Å².